The molecular weight excluding hydrogens is 273 g/mol. The summed E-state index contributed by atoms with van der Waals surface area (Å²) in [4.78, 5) is 11.6. The normalized spacial score (nSPS) is 10.2. The average molecular weight is 289 g/mol. The molecule has 2 aromatic rings. The minimum atomic E-state index is -0.600. The monoisotopic (exact) mass is 289 g/mol. The zero-order valence-electron chi connectivity index (χ0n) is 11.4. The van der Waals surface area contributed by atoms with Gasteiger partial charge in [0, 0.05) is 6.54 Å². The fraction of sp³-hybridized carbons (Fsp3) is 0.188. The first kappa shape index (κ1) is 15.0. The van der Waals surface area contributed by atoms with Gasteiger partial charge in [0.05, 0.1) is 6.61 Å². The van der Waals surface area contributed by atoms with Crippen molar-refractivity contribution in [3.05, 3.63) is 65.5 Å². The van der Waals surface area contributed by atoms with Gasteiger partial charge in [0.2, 0.25) is 0 Å². The standard InChI is InChI=1S/C16H16FNO3/c17-14-8-13(10-19)6-7-15(14)21-11-16(20)18-9-12-4-2-1-3-5-12/h1-8,19H,9-11H2,(H,18,20). The molecule has 110 valence electrons. The number of hydrogen-bond donors (Lipinski definition) is 2. The molecule has 0 heterocycles. The number of amides is 1. The number of carbonyl (C=O) groups excluding carboxylic acids is 1. The molecule has 2 N–H and O–H groups in total. The molecule has 0 aliphatic rings. The Morgan fingerprint density at radius 2 is 1.90 bits per heavy atom. The van der Waals surface area contributed by atoms with Gasteiger partial charge in [0.15, 0.2) is 18.2 Å². The Balaban J connectivity index is 1.81. The number of halogens is 1. The largest absolute Gasteiger partial charge is 0.481 e. The van der Waals surface area contributed by atoms with Gasteiger partial charge in [0.25, 0.3) is 5.91 Å². The quantitative estimate of drug-likeness (QED) is 0.855. The Morgan fingerprint density at radius 3 is 2.57 bits per heavy atom. The van der Waals surface area contributed by atoms with Crippen molar-refractivity contribution in [1.29, 1.82) is 0 Å². The Bertz CT molecular complexity index is 602. The van der Waals surface area contributed by atoms with E-state index in [4.69, 9.17) is 9.84 Å². The van der Waals surface area contributed by atoms with Crippen molar-refractivity contribution in [2.24, 2.45) is 0 Å². The number of carbonyl (C=O) groups is 1. The topological polar surface area (TPSA) is 58.6 Å². The summed E-state index contributed by atoms with van der Waals surface area (Å²) in [5.74, 6) is -0.941. The molecule has 0 fully saturated rings. The molecule has 0 saturated heterocycles. The van der Waals surface area contributed by atoms with Crippen molar-refractivity contribution < 1.29 is 19.0 Å². The first-order valence-corrected chi connectivity index (χ1v) is 6.52. The summed E-state index contributed by atoms with van der Waals surface area (Å²) < 4.78 is 18.7. The molecule has 0 aromatic heterocycles. The van der Waals surface area contributed by atoms with Crippen molar-refractivity contribution in [2.75, 3.05) is 6.61 Å². The lowest BCUT2D eigenvalue weighted by Crippen LogP contribution is -2.28. The molecule has 2 rings (SSSR count). The Hall–Kier alpha value is -2.40. The van der Waals surface area contributed by atoms with Gasteiger partial charge in [-0.2, -0.15) is 0 Å². The maximum atomic E-state index is 13.6. The highest BCUT2D eigenvalue weighted by molar-refractivity contribution is 5.77. The van der Waals surface area contributed by atoms with E-state index in [2.05, 4.69) is 5.32 Å². The van der Waals surface area contributed by atoms with Gasteiger partial charge in [-0.25, -0.2) is 4.39 Å². The molecule has 0 bridgehead atoms. The van der Waals surface area contributed by atoms with Gasteiger partial charge in [-0.3, -0.25) is 4.79 Å². The van der Waals surface area contributed by atoms with Gasteiger partial charge in [-0.1, -0.05) is 36.4 Å². The second kappa shape index (κ2) is 7.40. The number of ether oxygens (including phenoxy) is 1. The molecule has 4 nitrogen and oxygen atoms in total. The van der Waals surface area contributed by atoms with Gasteiger partial charge in [0.1, 0.15) is 0 Å². The smallest absolute Gasteiger partial charge is 0.258 e. The second-order valence-electron chi connectivity index (χ2n) is 4.47. The van der Waals surface area contributed by atoms with E-state index >= 15 is 0 Å². The summed E-state index contributed by atoms with van der Waals surface area (Å²) in [5, 5.41) is 11.6. The minimum Gasteiger partial charge on any atom is -0.481 e. The van der Waals surface area contributed by atoms with Crippen LogP contribution in [0.4, 0.5) is 4.39 Å². The Labute approximate surface area is 122 Å². The molecule has 21 heavy (non-hydrogen) atoms. The second-order valence-corrected chi connectivity index (χ2v) is 4.47. The SMILES string of the molecule is O=C(COc1ccc(CO)cc1F)NCc1ccccc1. The number of nitrogens with one attached hydrogen (secondary N) is 1. The van der Waals surface area contributed by atoms with E-state index in [1.54, 1.807) is 6.07 Å². The lowest BCUT2D eigenvalue weighted by Gasteiger charge is -2.09. The van der Waals surface area contributed by atoms with Crippen LogP contribution in [0.25, 0.3) is 0 Å². The predicted molar refractivity (Wildman–Crippen MR) is 76.1 cm³/mol. The van der Waals surface area contributed by atoms with Crippen LogP contribution in [0.1, 0.15) is 11.1 Å². The highest BCUT2D eigenvalue weighted by Gasteiger charge is 2.07. The number of rotatable bonds is 6. The molecule has 5 heteroatoms. The fourth-order valence-corrected chi connectivity index (χ4v) is 1.75. The third-order valence-corrected chi connectivity index (χ3v) is 2.87. The summed E-state index contributed by atoms with van der Waals surface area (Å²) in [5.41, 5.74) is 1.43. The van der Waals surface area contributed by atoms with Crippen LogP contribution < -0.4 is 10.1 Å². The molecule has 0 saturated carbocycles. The van der Waals surface area contributed by atoms with Crippen molar-refractivity contribution in [2.45, 2.75) is 13.2 Å². The van der Waals surface area contributed by atoms with Crippen LogP contribution >= 0.6 is 0 Å². The molecule has 1 amide bonds. The molecule has 0 radical (unpaired) electrons. The Kier molecular flexibility index (Phi) is 5.29. The molecule has 0 atom stereocenters. The van der Waals surface area contributed by atoms with Crippen molar-refractivity contribution >= 4 is 5.91 Å². The maximum absolute atomic E-state index is 13.6. The average Bonchev–Trinajstić information content (AvgIpc) is 2.52. The van der Waals surface area contributed by atoms with Crippen LogP contribution in [0.5, 0.6) is 5.75 Å². The first-order chi connectivity index (χ1) is 10.2. The van der Waals surface area contributed by atoms with E-state index in [9.17, 15) is 9.18 Å². The van der Waals surface area contributed by atoms with Crippen molar-refractivity contribution in [3.63, 3.8) is 0 Å². The molecule has 0 spiro atoms. The fourth-order valence-electron chi connectivity index (χ4n) is 1.75. The predicted octanol–water partition coefficient (Wildman–Crippen LogP) is 2.01. The van der Waals surface area contributed by atoms with E-state index < -0.39 is 5.82 Å². The summed E-state index contributed by atoms with van der Waals surface area (Å²) in [6.07, 6.45) is 0. The summed E-state index contributed by atoms with van der Waals surface area (Å²) in [6, 6.07) is 13.6. The molecule has 2 aromatic carbocycles. The van der Waals surface area contributed by atoms with E-state index in [0.29, 0.717) is 12.1 Å². The molecule has 0 aliphatic carbocycles. The van der Waals surface area contributed by atoms with Crippen LogP contribution in [0.2, 0.25) is 0 Å². The van der Waals surface area contributed by atoms with Gasteiger partial charge in [-0.05, 0) is 23.3 Å². The maximum Gasteiger partial charge on any atom is 0.258 e. The van der Waals surface area contributed by atoms with Gasteiger partial charge in [-0.15, -0.1) is 0 Å². The van der Waals surface area contributed by atoms with Crippen LogP contribution in [0, 0.1) is 5.82 Å². The van der Waals surface area contributed by atoms with Crippen molar-refractivity contribution in [3.8, 4) is 5.75 Å². The van der Waals surface area contributed by atoms with Crippen molar-refractivity contribution in [1.82, 2.24) is 5.32 Å². The summed E-state index contributed by atoms with van der Waals surface area (Å²) >= 11 is 0. The first-order valence-electron chi connectivity index (χ1n) is 6.52. The van der Waals surface area contributed by atoms with Crippen LogP contribution in [-0.4, -0.2) is 17.6 Å². The third kappa shape index (κ3) is 4.57. The van der Waals surface area contributed by atoms with Crippen LogP contribution in [-0.2, 0) is 17.9 Å². The molecule has 0 aliphatic heterocycles. The lowest BCUT2D eigenvalue weighted by atomic mass is 10.2. The molecular formula is C16H16FNO3. The van der Waals surface area contributed by atoms with Crippen LogP contribution in [0.15, 0.2) is 48.5 Å². The highest BCUT2D eigenvalue weighted by Crippen LogP contribution is 2.18. The zero-order valence-corrected chi connectivity index (χ0v) is 11.4. The molecule has 0 unspecified atom stereocenters. The number of hydrogen-bond acceptors (Lipinski definition) is 3. The van der Waals surface area contributed by atoms with Gasteiger partial charge >= 0.3 is 0 Å². The van der Waals surface area contributed by atoms with E-state index in [0.717, 1.165) is 5.56 Å². The van der Waals surface area contributed by atoms with E-state index in [1.807, 2.05) is 30.3 Å². The van der Waals surface area contributed by atoms with E-state index in [1.165, 1.54) is 12.1 Å². The number of aliphatic hydroxyl groups is 1. The minimum absolute atomic E-state index is 0.0120. The zero-order chi connectivity index (χ0) is 15.1. The van der Waals surface area contributed by atoms with Gasteiger partial charge < -0.3 is 15.2 Å². The summed E-state index contributed by atoms with van der Waals surface area (Å²) in [6.45, 7) is -0.105. The Morgan fingerprint density at radius 1 is 1.14 bits per heavy atom. The number of benzene rings is 2. The third-order valence-electron chi connectivity index (χ3n) is 2.87. The lowest BCUT2D eigenvalue weighted by molar-refractivity contribution is -0.123. The highest BCUT2D eigenvalue weighted by atomic mass is 19.1. The number of aliphatic hydroxyl groups excluding tert-OH is 1. The summed E-state index contributed by atoms with van der Waals surface area (Å²) in [7, 11) is 0. The van der Waals surface area contributed by atoms with E-state index in [-0.39, 0.29) is 24.9 Å². The van der Waals surface area contributed by atoms with Crippen LogP contribution in [0.3, 0.4) is 0 Å².